The smallest absolute Gasteiger partial charge is 0.229 e. The zero-order valence-electron chi connectivity index (χ0n) is 13.8. The van der Waals surface area contributed by atoms with Gasteiger partial charge in [0.05, 0.1) is 24.1 Å². The second kappa shape index (κ2) is 4.75. The van der Waals surface area contributed by atoms with Crippen molar-refractivity contribution in [1.29, 1.82) is 5.26 Å². The van der Waals surface area contributed by atoms with Gasteiger partial charge in [-0.2, -0.15) is 5.26 Å². The number of nitriles is 1. The molecule has 4 bridgehead atoms. The maximum absolute atomic E-state index is 13.5. The van der Waals surface area contributed by atoms with Crippen molar-refractivity contribution in [2.24, 2.45) is 10.8 Å². The summed E-state index contributed by atoms with van der Waals surface area (Å²) in [6, 6.07) is 10.9. The first-order valence-corrected chi connectivity index (χ1v) is 9.13. The normalized spacial score (nSPS) is 39.0. The van der Waals surface area contributed by atoms with Crippen LogP contribution >= 0.6 is 0 Å². The first kappa shape index (κ1) is 14.3. The van der Waals surface area contributed by atoms with Crippen molar-refractivity contribution >= 4 is 5.91 Å². The van der Waals surface area contributed by atoms with E-state index in [0.717, 1.165) is 56.3 Å². The van der Waals surface area contributed by atoms with Crippen LogP contribution < -0.4 is 4.74 Å². The summed E-state index contributed by atoms with van der Waals surface area (Å²) in [5, 5.41) is 9.47. The van der Waals surface area contributed by atoms with Crippen LogP contribution in [0.15, 0.2) is 24.3 Å². The van der Waals surface area contributed by atoms with E-state index in [1.807, 2.05) is 18.2 Å². The van der Waals surface area contributed by atoms with E-state index in [9.17, 15) is 10.1 Å². The summed E-state index contributed by atoms with van der Waals surface area (Å²) in [6.45, 7) is 0.712. The predicted octanol–water partition coefficient (Wildman–Crippen LogP) is 3.59. The summed E-state index contributed by atoms with van der Waals surface area (Å²) < 4.78 is 6.06. The van der Waals surface area contributed by atoms with Crippen LogP contribution in [-0.2, 0) is 4.79 Å². The van der Waals surface area contributed by atoms with Gasteiger partial charge in [0.15, 0.2) is 0 Å². The molecule has 4 heteroatoms. The second-order valence-corrected chi connectivity index (χ2v) is 8.16. The topological polar surface area (TPSA) is 53.3 Å². The third-order valence-corrected chi connectivity index (χ3v) is 7.03. The van der Waals surface area contributed by atoms with Gasteiger partial charge in [0, 0.05) is 17.4 Å². The Morgan fingerprint density at radius 2 is 1.88 bits per heavy atom. The predicted molar refractivity (Wildman–Crippen MR) is 88.1 cm³/mol. The lowest BCUT2D eigenvalue weighted by Gasteiger charge is -2.50. The van der Waals surface area contributed by atoms with Gasteiger partial charge in [-0.25, -0.2) is 0 Å². The molecule has 0 aromatic heterocycles. The Morgan fingerprint density at radius 1 is 1.17 bits per heavy atom. The minimum atomic E-state index is -0.217. The molecule has 5 aliphatic rings. The molecule has 0 radical (unpaired) electrons. The van der Waals surface area contributed by atoms with Crippen molar-refractivity contribution in [3.8, 4) is 11.8 Å². The fourth-order valence-corrected chi connectivity index (χ4v) is 5.42. The number of carbonyl (C=O) groups is 1. The van der Waals surface area contributed by atoms with Crippen molar-refractivity contribution < 1.29 is 9.53 Å². The van der Waals surface area contributed by atoms with Crippen molar-refractivity contribution in [3.63, 3.8) is 0 Å². The molecule has 1 aromatic carbocycles. The largest absolute Gasteiger partial charge is 0.488 e. The zero-order chi connectivity index (χ0) is 16.4. The van der Waals surface area contributed by atoms with E-state index in [1.165, 1.54) is 0 Å². The fourth-order valence-electron chi connectivity index (χ4n) is 5.42. The maximum atomic E-state index is 13.5. The SMILES string of the molecule is N#CC12CCC(C(=O)N3C[C@@H]4C[C@H]3c3ccccc3O4)(CC1)CC2. The number of para-hydroxylation sites is 1. The highest BCUT2D eigenvalue weighted by Gasteiger charge is 2.56. The van der Waals surface area contributed by atoms with E-state index in [4.69, 9.17) is 4.74 Å². The van der Waals surface area contributed by atoms with Crippen molar-refractivity contribution in [1.82, 2.24) is 4.90 Å². The average molecular weight is 322 g/mol. The highest BCUT2D eigenvalue weighted by atomic mass is 16.5. The van der Waals surface area contributed by atoms with Gasteiger partial charge in [0.25, 0.3) is 0 Å². The number of hydrogen-bond acceptors (Lipinski definition) is 3. The molecule has 3 aliphatic carbocycles. The molecular weight excluding hydrogens is 300 g/mol. The number of amides is 1. The average Bonchev–Trinajstić information content (AvgIpc) is 3.00. The Kier molecular flexibility index (Phi) is 2.84. The maximum Gasteiger partial charge on any atom is 0.229 e. The minimum absolute atomic E-state index is 0.135. The first-order chi connectivity index (χ1) is 11.6. The summed E-state index contributed by atoms with van der Waals surface area (Å²) in [6.07, 6.45) is 6.39. The number of fused-ring (bicyclic) bond motifs is 7. The molecule has 4 fully saturated rings. The lowest BCUT2D eigenvalue weighted by Crippen LogP contribution is -2.51. The monoisotopic (exact) mass is 322 g/mol. The molecule has 24 heavy (non-hydrogen) atoms. The Morgan fingerprint density at radius 3 is 2.58 bits per heavy atom. The van der Waals surface area contributed by atoms with Gasteiger partial charge >= 0.3 is 0 Å². The van der Waals surface area contributed by atoms with E-state index in [1.54, 1.807) is 0 Å². The standard InChI is InChI=1S/C20H22N2O2/c21-13-19-5-8-20(9-6-19,10-7-19)18(23)22-12-14-11-16(22)15-3-1-2-4-17(15)24-14/h1-4,14,16H,5-12H2/t14-,16-,19?,20?/m0/s1. The van der Waals surface area contributed by atoms with E-state index in [0.29, 0.717) is 12.5 Å². The summed E-state index contributed by atoms with van der Waals surface area (Å²) >= 11 is 0. The van der Waals surface area contributed by atoms with Gasteiger partial charge in [-0.15, -0.1) is 0 Å². The molecular formula is C20H22N2O2. The quantitative estimate of drug-likeness (QED) is 0.794. The third kappa shape index (κ3) is 1.81. The lowest BCUT2D eigenvalue weighted by atomic mass is 9.54. The lowest BCUT2D eigenvalue weighted by molar-refractivity contribution is -0.151. The van der Waals surface area contributed by atoms with Crippen LogP contribution in [0.4, 0.5) is 0 Å². The van der Waals surface area contributed by atoms with Crippen molar-refractivity contribution in [2.45, 2.75) is 57.1 Å². The van der Waals surface area contributed by atoms with Crippen LogP contribution in [0.5, 0.6) is 5.75 Å². The molecule has 1 saturated heterocycles. The van der Waals surface area contributed by atoms with Crippen LogP contribution in [0.25, 0.3) is 0 Å². The van der Waals surface area contributed by atoms with Gasteiger partial charge < -0.3 is 9.64 Å². The Hall–Kier alpha value is -2.02. The highest BCUT2D eigenvalue weighted by molar-refractivity contribution is 5.84. The Labute approximate surface area is 142 Å². The molecule has 0 N–H and O–H groups in total. The van der Waals surface area contributed by atoms with E-state index < -0.39 is 0 Å². The molecule has 2 aliphatic heterocycles. The van der Waals surface area contributed by atoms with E-state index >= 15 is 0 Å². The van der Waals surface area contributed by atoms with Gasteiger partial charge in [-0.3, -0.25) is 4.79 Å². The third-order valence-electron chi connectivity index (χ3n) is 7.03. The Bertz CT molecular complexity index is 726. The molecule has 2 heterocycles. The van der Waals surface area contributed by atoms with Crippen molar-refractivity contribution in [3.05, 3.63) is 29.8 Å². The molecule has 1 aromatic rings. The molecule has 3 saturated carbocycles. The fraction of sp³-hybridized carbons (Fsp3) is 0.600. The molecule has 4 nitrogen and oxygen atoms in total. The first-order valence-electron chi connectivity index (χ1n) is 9.13. The molecule has 1 amide bonds. The second-order valence-electron chi connectivity index (χ2n) is 8.16. The van der Waals surface area contributed by atoms with Crippen LogP contribution in [0.2, 0.25) is 0 Å². The van der Waals surface area contributed by atoms with E-state index in [2.05, 4.69) is 17.0 Å². The zero-order valence-corrected chi connectivity index (χ0v) is 13.8. The number of carbonyl (C=O) groups excluding carboxylic acids is 1. The molecule has 124 valence electrons. The van der Waals surface area contributed by atoms with Crippen LogP contribution in [-0.4, -0.2) is 23.5 Å². The highest BCUT2D eigenvalue weighted by Crippen LogP contribution is 2.58. The number of likely N-dealkylation sites (tertiary alicyclic amines) is 1. The number of ether oxygens (including phenoxy) is 1. The van der Waals surface area contributed by atoms with Gasteiger partial charge in [-0.05, 0) is 44.6 Å². The molecule has 2 atom stereocenters. The van der Waals surface area contributed by atoms with Crippen LogP contribution in [0.3, 0.4) is 0 Å². The van der Waals surface area contributed by atoms with Crippen LogP contribution in [0, 0.1) is 22.2 Å². The number of benzene rings is 1. The minimum Gasteiger partial charge on any atom is -0.488 e. The molecule has 0 spiro atoms. The van der Waals surface area contributed by atoms with E-state index in [-0.39, 0.29) is 23.0 Å². The molecule has 6 rings (SSSR count). The van der Waals surface area contributed by atoms with Crippen molar-refractivity contribution in [2.75, 3.05) is 6.54 Å². The molecule has 0 unspecified atom stereocenters. The number of rotatable bonds is 1. The van der Waals surface area contributed by atoms with Crippen LogP contribution in [0.1, 0.15) is 56.6 Å². The number of hydrogen-bond donors (Lipinski definition) is 0. The Balaban J connectivity index is 1.44. The number of nitrogens with zero attached hydrogens (tertiary/aromatic N) is 2. The summed E-state index contributed by atoms with van der Waals surface area (Å²) in [4.78, 5) is 15.6. The van der Waals surface area contributed by atoms with Gasteiger partial charge in [0.2, 0.25) is 5.91 Å². The summed E-state index contributed by atoms with van der Waals surface area (Å²) in [7, 11) is 0. The van der Waals surface area contributed by atoms with Gasteiger partial charge in [0.1, 0.15) is 11.9 Å². The van der Waals surface area contributed by atoms with Gasteiger partial charge in [-0.1, -0.05) is 18.2 Å². The summed E-state index contributed by atoms with van der Waals surface area (Å²) in [5.74, 6) is 1.27. The summed E-state index contributed by atoms with van der Waals surface area (Å²) in [5.41, 5.74) is 0.804.